The van der Waals surface area contributed by atoms with Gasteiger partial charge in [0.25, 0.3) is 0 Å². The van der Waals surface area contributed by atoms with Crippen LogP contribution in [0.25, 0.3) is 0 Å². The second-order valence-electron chi connectivity index (χ2n) is 5.83. The summed E-state index contributed by atoms with van der Waals surface area (Å²) >= 11 is 0. The van der Waals surface area contributed by atoms with Crippen molar-refractivity contribution >= 4 is 6.03 Å². The Bertz CT molecular complexity index is 721. The molecule has 1 N–H and O–H groups in total. The van der Waals surface area contributed by atoms with Crippen LogP contribution in [0.2, 0.25) is 0 Å². The third-order valence-electron chi connectivity index (χ3n) is 4.25. The van der Waals surface area contributed by atoms with E-state index in [0.29, 0.717) is 5.75 Å². The molecule has 1 aromatic carbocycles. The van der Waals surface area contributed by atoms with E-state index < -0.39 is 0 Å². The average molecular weight is 327 g/mol. The summed E-state index contributed by atoms with van der Waals surface area (Å²) in [5.74, 6) is 1.45. The fourth-order valence-corrected chi connectivity index (χ4v) is 2.55. The van der Waals surface area contributed by atoms with Crippen molar-refractivity contribution < 1.29 is 14.3 Å². The summed E-state index contributed by atoms with van der Waals surface area (Å²) in [7, 11) is 1.76. The van der Waals surface area contributed by atoms with Crippen LogP contribution in [-0.2, 0) is 0 Å². The Labute approximate surface area is 141 Å². The van der Waals surface area contributed by atoms with Gasteiger partial charge in [-0.05, 0) is 43.7 Å². The summed E-state index contributed by atoms with van der Waals surface area (Å²) in [5.41, 5.74) is 1.82. The van der Waals surface area contributed by atoms with Gasteiger partial charge in [0.15, 0.2) is 11.5 Å². The quantitative estimate of drug-likeness (QED) is 0.936. The fourth-order valence-electron chi connectivity index (χ4n) is 2.55. The molecule has 0 aliphatic carbocycles. The number of carbonyl (C=O) groups is 1. The number of carbonyl (C=O) groups excluding carboxylic acids is 1. The molecule has 24 heavy (non-hydrogen) atoms. The van der Waals surface area contributed by atoms with Crippen molar-refractivity contribution in [2.45, 2.75) is 25.9 Å². The van der Waals surface area contributed by atoms with E-state index in [9.17, 15) is 4.79 Å². The lowest BCUT2D eigenvalue weighted by molar-refractivity contribution is 0.174. The van der Waals surface area contributed by atoms with Crippen LogP contribution in [0.4, 0.5) is 4.79 Å². The maximum Gasteiger partial charge on any atom is 0.318 e. The Kier molecular flexibility index (Phi) is 4.55. The van der Waals surface area contributed by atoms with E-state index in [-0.39, 0.29) is 24.9 Å². The average Bonchev–Trinajstić information content (AvgIpc) is 3.08. The first-order valence-electron chi connectivity index (χ1n) is 7.90. The molecule has 0 spiro atoms. The molecule has 1 aliphatic heterocycles. The number of benzene rings is 1. The molecule has 0 bridgehead atoms. The molecule has 0 fully saturated rings. The van der Waals surface area contributed by atoms with Gasteiger partial charge in [0.2, 0.25) is 6.79 Å². The summed E-state index contributed by atoms with van der Waals surface area (Å²) < 4.78 is 10.7. The van der Waals surface area contributed by atoms with E-state index in [4.69, 9.17) is 9.47 Å². The monoisotopic (exact) mass is 327 g/mol. The van der Waals surface area contributed by atoms with Gasteiger partial charge >= 0.3 is 6.03 Å². The Morgan fingerprint density at radius 1 is 1.21 bits per heavy atom. The molecule has 0 saturated heterocycles. The van der Waals surface area contributed by atoms with Crippen LogP contribution in [0.3, 0.4) is 0 Å². The van der Waals surface area contributed by atoms with E-state index in [1.54, 1.807) is 18.1 Å². The highest BCUT2D eigenvalue weighted by Gasteiger charge is 2.21. The molecule has 1 aliphatic rings. The molecule has 2 amide bonds. The number of fused-ring (bicyclic) bond motifs is 1. The Hall–Kier alpha value is -2.76. The maximum atomic E-state index is 12.5. The predicted molar refractivity (Wildman–Crippen MR) is 89.9 cm³/mol. The van der Waals surface area contributed by atoms with Crippen LogP contribution in [-0.4, -0.2) is 29.8 Å². The number of urea groups is 1. The minimum Gasteiger partial charge on any atom is -0.454 e. The first kappa shape index (κ1) is 16.1. The molecular formula is C18H21N3O3. The van der Waals surface area contributed by atoms with E-state index in [1.165, 1.54) is 0 Å². The number of ether oxygens (including phenoxy) is 2. The van der Waals surface area contributed by atoms with Crippen LogP contribution >= 0.6 is 0 Å². The van der Waals surface area contributed by atoms with Crippen molar-refractivity contribution in [1.82, 2.24) is 15.2 Å². The molecule has 6 heteroatoms. The van der Waals surface area contributed by atoms with Crippen molar-refractivity contribution in [3.8, 4) is 11.5 Å². The van der Waals surface area contributed by atoms with Crippen LogP contribution < -0.4 is 14.8 Å². The molecule has 126 valence electrons. The summed E-state index contributed by atoms with van der Waals surface area (Å²) in [6, 6.07) is 11.0. The Morgan fingerprint density at radius 3 is 2.75 bits per heavy atom. The largest absolute Gasteiger partial charge is 0.454 e. The van der Waals surface area contributed by atoms with Crippen LogP contribution in [0.15, 0.2) is 42.6 Å². The molecular weight excluding hydrogens is 306 g/mol. The molecule has 2 aromatic rings. The van der Waals surface area contributed by atoms with Gasteiger partial charge in [-0.2, -0.15) is 0 Å². The van der Waals surface area contributed by atoms with E-state index in [2.05, 4.69) is 10.3 Å². The minimum absolute atomic E-state index is 0.116. The van der Waals surface area contributed by atoms with Gasteiger partial charge in [-0.3, -0.25) is 4.98 Å². The van der Waals surface area contributed by atoms with E-state index in [1.807, 2.05) is 50.2 Å². The summed E-state index contributed by atoms with van der Waals surface area (Å²) in [6.45, 7) is 4.13. The number of amides is 2. The lowest BCUT2D eigenvalue weighted by Crippen LogP contribution is -2.40. The number of aromatic nitrogens is 1. The molecule has 0 unspecified atom stereocenters. The maximum absolute atomic E-state index is 12.5. The topological polar surface area (TPSA) is 63.7 Å². The van der Waals surface area contributed by atoms with Gasteiger partial charge in [0, 0.05) is 13.2 Å². The summed E-state index contributed by atoms with van der Waals surface area (Å²) in [4.78, 5) is 18.5. The number of hydrogen-bond acceptors (Lipinski definition) is 4. The third kappa shape index (κ3) is 3.27. The number of rotatable bonds is 4. The van der Waals surface area contributed by atoms with Crippen LogP contribution in [0, 0.1) is 0 Å². The number of nitrogens with zero attached hydrogens (tertiary/aromatic N) is 2. The zero-order valence-electron chi connectivity index (χ0n) is 14.0. The second-order valence-corrected chi connectivity index (χ2v) is 5.83. The zero-order valence-corrected chi connectivity index (χ0v) is 14.0. The normalized spacial score (nSPS) is 14.8. The molecule has 3 rings (SSSR count). The molecule has 2 heterocycles. The van der Waals surface area contributed by atoms with Gasteiger partial charge in [-0.15, -0.1) is 0 Å². The highest BCUT2D eigenvalue weighted by atomic mass is 16.7. The van der Waals surface area contributed by atoms with Crippen molar-refractivity contribution in [3.05, 3.63) is 53.9 Å². The van der Waals surface area contributed by atoms with E-state index >= 15 is 0 Å². The number of pyridine rings is 1. The molecule has 1 aromatic heterocycles. The van der Waals surface area contributed by atoms with Gasteiger partial charge < -0.3 is 19.7 Å². The fraction of sp³-hybridized carbons (Fsp3) is 0.333. The van der Waals surface area contributed by atoms with Crippen molar-refractivity contribution in [2.75, 3.05) is 13.8 Å². The van der Waals surface area contributed by atoms with Crippen molar-refractivity contribution in [2.24, 2.45) is 0 Å². The molecule has 2 atom stereocenters. The molecule has 6 nitrogen and oxygen atoms in total. The summed E-state index contributed by atoms with van der Waals surface area (Å²) in [5, 5.41) is 3.00. The van der Waals surface area contributed by atoms with Crippen molar-refractivity contribution in [1.29, 1.82) is 0 Å². The predicted octanol–water partition coefficient (Wildman–Crippen LogP) is 3.27. The molecule has 0 saturated carbocycles. The first-order chi connectivity index (χ1) is 11.6. The Morgan fingerprint density at radius 2 is 2.00 bits per heavy atom. The van der Waals surface area contributed by atoms with Gasteiger partial charge in [-0.1, -0.05) is 12.1 Å². The van der Waals surface area contributed by atoms with Crippen LogP contribution in [0.1, 0.15) is 37.2 Å². The van der Waals surface area contributed by atoms with Crippen LogP contribution in [0.5, 0.6) is 11.5 Å². The Balaban J connectivity index is 1.65. The van der Waals surface area contributed by atoms with Crippen molar-refractivity contribution in [3.63, 3.8) is 0 Å². The minimum atomic E-state index is -0.154. The highest BCUT2D eigenvalue weighted by molar-refractivity contribution is 5.75. The smallest absolute Gasteiger partial charge is 0.318 e. The standard InChI is InChI=1S/C18H21N3O3/c1-12(14-7-8-16-17(10-14)24-11-23-16)20-18(22)21(3)13(2)15-6-4-5-9-19-15/h4-10,12-13H,11H2,1-3H3,(H,20,22)/t12-,13+/m1/s1. The lowest BCUT2D eigenvalue weighted by atomic mass is 10.1. The number of nitrogens with one attached hydrogen (secondary N) is 1. The van der Waals surface area contributed by atoms with Gasteiger partial charge in [0.05, 0.1) is 17.8 Å². The summed E-state index contributed by atoms with van der Waals surface area (Å²) in [6.07, 6.45) is 1.73. The zero-order chi connectivity index (χ0) is 17.1. The first-order valence-corrected chi connectivity index (χ1v) is 7.90. The SMILES string of the molecule is C[C@@H](NC(=O)N(C)[C@@H](C)c1ccccn1)c1ccc2c(c1)OCO2. The lowest BCUT2D eigenvalue weighted by Gasteiger charge is -2.26. The van der Waals surface area contributed by atoms with E-state index in [0.717, 1.165) is 17.0 Å². The second kappa shape index (κ2) is 6.78. The highest BCUT2D eigenvalue weighted by Crippen LogP contribution is 2.34. The third-order valence-corrected chi connectivity index (χ3v) is 4.25. The van der Waals surface area contributed by atoms with Gasteiger partial charge in [0.1, 0.15) is 0 Å². The van der Waals surface area contributed by atoms with Gasteiger partial charge in [-0.25, -0.2) is 4.79 Å². The molecule has 0 radical (unpaired) electrons. The number of hydrogen-bond donors (Lipinski definition) is 1.